The summed E-state index contributed by atoms with van der Waals surface area (Å²) in [5, 5.41) is 127. The van der Waals surface area contributed by atoms with Gasteiger partial charge in [-0.05, 0) is 153 Å². The van der Waals surface area contributed by atoms with Crippen LogP contribution in [0, 0.1) is 169 Å². The zero-order valence-corrected chi connectivity index (χ0v) is 60.2. The monoisotopic (exact) mass is 1680 g/mol. The number of benzene rings is 4. The third-order valence-corrected chi connectivity index (χ3v) is 11.2. The molecular formula is C54H80Gd2N10Ni2O24. The molecule has 2 radical (unpaired) electrons. The summed E-state index contributed by atoms with van der Waals surface area (Å²) in [6.07, 6.45) is 0. The molecule has 0 unspecified atom stereocenters. The van der Waals surface area contributed by atoms with Crippen molar-refractivity contribution in [3.05, 3.63) is 154 Å². The van der Waals surface area contributed by atoms with E-state index in [4.69, 9.17) is 100 Å². The Balaban J connectivity index is -0.000000183. The minimum Gasteiger partial charge on any atom is -0.870 e. The van der Waals surface area contributed by atoms with Crippen LogP contribution in [-0.2, 0) is 68.8 Å². The van der Waals surface area contributed by atoms with Gasteiger partial charge in [-0.2, -0.15) is 0 Å². The molecular weight excluding hydrogens is 1600 g/mol. The molecule has 0 spiro atoms. The predicted molar refractivity (Wildman–Crippen MR) is 312 cm³/mol. The second kappa shape index (κ2) is 58.0. The smallest absolute Gasteiger partial charge is 0.870 e. The Morgan fingerprint density at radius 2 is 0.467 bits per heavy atom. The molecule has 0 N–H and O–H groups in total. The van der Waals surface area contributed by atoms with Crippen LogP contribution in [0.15, 0.2) is 48.5 Å². The van der Waals surface area contributed by atoms with Crippen LogP contribution in [0.2, 0.25) is 0 Å². The van der Waals surface area contributed by atoms with Crippen molar-refractivity contribution >= 4 is 11.9 Å². The number of hydrogen-bond acceptors (Lipinski definition) is 30. The molecule has 0 bridgehead atoms. The predicted octanol–water partition coefficient (Wildman–Crippen LogP) is 0.478. The second-order valence-corrected chi connectivity index (χ2v) is 19.3. The van der Waals surface area contributed by atoms with Crippen molar-refractivity contribution in [1.82, 2.24) is 29.4 Å². The molecule has 4 aromatic carbocycles. The fraction of sp³-hybridized carbons (Fsp3) is 0.519. The number of aliphatic carboxylic acids is 2. The van der Waals surface area contributed by atoms with E-state index in [-0.39, 0.29) is 136 Å². The van der Waals surface area contributed by atoms with Crippen LogP contribution in [-0.4, -0.2) is 185 Å². The number of carboxylic acid groups (broad SMARTS) is 2. The summed E-state index contributed by atoms with van der Waals surface area (Å²) in [6.45, 7) is 19.1. The minimum atomic E-state index is -1.75. The van der Waals surface area contributed by atoms with Crippen LogP contribution < -0.4 is 49.6 Å². The number of carbonyl (C=O) groups is 2. The van der Waals surface area contributed by atoms with Crippen molar-refractivity contribution < 1.29 is 192 Å². The Bertz CT molecular complexity index is 2350. The Kier molecular flexibility index (Phi) is 64.7. The van der Waals surface area contributed by atoms with Gasteiger partial charge in [-0.25, -0.2) is 0 Å². The summed E-state index contributed by atoms with van der Waals surface area (Å²) in [5.74, 6) is -0.698. The molecule has 34 nitrogen and oxygen atoms in total. The van der Waals surface area contributed by atoms with E-state index in [1.807, 2.05) is 80.2 Å². The van der Waals surface area contributed by atoms with E-state index in [0.717, 1.165) is 111 Å². The van der Waals surface area contributed by atoms with Gasteiger partial charge in [0.05, 0.1) is 48.8 Å². The molecule has 0 aliphatic rings. The Morgan fingerprint density at radius 3 is 0.587 bits per heavy atom. The number of methoxy groups -OCH3 is 4. The number of ether oxygens (including phenoxy) is 4. The molecule has 4 aromatic rings. The van der Waals surface area contributed by atoms with Gasteiger partial charge in [0.15, 0.2) is 0 Å². The molecule has 38 heteroatoms. The summed E-state index contributed by atoms with van der Waals surface area (Å²) >= 11 is 0. The van der Waals surface area contributed by atoms with Gasteiger partial charge in [0.1, 0.15) is 23.0 Å². The Morgan fingerprint density at radius 1 is 0.348 bits per heavy atom. The van der Waals surface area contributed by atoms with Gasteiger partial charge in [0.2, 0.25) is 0 Å². The maximum atomic E-state index is 12.4. The van der Waals surface area contributed by atoms with Crippen LogP contribution in [0.3, 0.4) is 0 Å². The fourth-order valence-corrected chi connectivity index (χ4v) is 7.40. The summed E-state index contributed by atoms with van der Waals surface area (Å²) in [5.41, 5.74) is 7.13. The standard InChI is InChI=1S/2C25H39N3O4.2C2H4O2.2Gd.4NO3.2Ni/c2*1-18-12-20(24(29)22(14-18)31-6)16-27(4)10-8-26(3)9-11-28(5)17-21-13-19(2)15-23(32-7)25(21)30;2*1-2(3)4;;;4*2-1(3)4;;/h2*12-15,29-30H,8-11,16-17H2,1-7H3;2*1H3,(H,3,4);;;;;;;;/q;;;;2*+3;4*-1;2*+2/p-6. The molecule has 0 saturated heterocycles. The van der Waals surface area contributed by atoms with Crippen molar-refractivity contribution in [2.45, 2.75) is 67.7 Å². The molecule has 0 amide bonds. The van der Waals surface area contributed by atoms with E-state index in [1.54, 1.807) is 24.3 Å². The second-order valence-electron chi connectivity index (χ2n) is 19.3. The average Bonchev–Trinajstić information content (AvgIpc) is 1.34. The number of rotatable bonds is 24. The molecule has 0 heterocycles. The normalized spacial score (nSPS) is 9.63. The first-order valence-electron chi connectivity index (χ1n) is 25.8. The van der Waals surface area contributed by atoms with E-state index in [0.29, 0.717) is 49.2 Å². The summed E-state index contributed by atoms with van der Waals surface area (Å²) in [4.78, 5) is 63.9. The van der Waals surface area contributed by atoms with E-state index in [9.17, 15) is 20.4 Å². The van der Waals surface area contributed by atoms with Crippen LogP contribution in [0.5, 0.6) is 46.0 Å². The molecule has 0 aliphatic heterocycles. The molecule has 0 fully saturated rings. The van der Waals surface area contributed by atoms with Gasteiger partial charge in [-0.1, -0.05) is 47.3 Å². The van der Waals surface area contributed by atoms with Crippen molar-refractivity contribution in [2.24, 2.45) is 0 Å². The maximum Gasteiger partial charge on any atom is 3.00 e. The van der Waals surface area contributed by atoms with Crippen LogP contribution in [0.25, 0.3) is 0 Å². The molecule has 0 aromatic heterocycles. The first-order chi connectivity index (χ1) is 40.7. The van der Waals surface area contributed by atoms with Crippen molar-refractivity contribution in [3.63, 3.8) is 0 Å². The molecule has 0 atom stereocenters. The topological polar surface area (TPSA) is 494 Å². The van der Waals surface area contributed by atoms with Crippen LogP contribution in [0.1, 0.15) is 58.4 Å². The minimum absolute atomic E-state index is 0. The van der Waals surface area contributed by atoms with Crippen molar-refractivity contribution in [1.29, 1.82) is 0 Å². The first kappa shape index (κ1) is 103. The fourth-order valence-electron chi connectivity index (χ4n) is 7.40. The SMILES string of the molecule is CC(=O)[O-].CC(=O)[O-].COc1cc(C)cc(CN(C)CCN(C)CCN(C)Cc2cc(C)cc(OC)c2[O-])c1[O-].COc1cc(C)cc(CN(C)CCN(C)CCN(C)Cc2cc(C)cc(OC)c2[O-])c1[O-].O=[N+]([O-])[O-].O=[N+]([O-])[O-].O=[N+]([O-])[O-].O=[N+]([O-])[O-].[Gd+3].[Gd+3].[Ni+2].[Ni+2]. The number of aryl methyl sites for hydroxylation is 4. The van der Waals surface area contributed by atoms with Gasteiger partial charge in [0, 0.05) is 90.5 Å². The molecule has 526 valence electrons. The number of hydrogen-bond donors (Lipinski definition) is 0. The summed E-state index contributed by atoms with van der Waals surface area (Å²) in [7, 11) is 18.4. The maximum absolute atomic E-state index is 12.4. The largest absolute Gasteiger partial charge is 3.00 e. The van der Waals surface area contributed by atoms with Gasteiger partial charge >= 0.3 is 113 Å². The van der Waals surface area contributed by atoms with Crippen molar-refractivity contribution in [2.75, 3.05) is 123 Å². The van der Waals surface area contributed by atoms with Gasteiger partial charge in [-0.3, -0.25) is 0 Å². The summed E-state index contributed by atoms with van der Waals surface area (Å²) < 4.78 is 20.8. The van der Waals surface area contributed by atoms with Crippen LogP contribution >= 0.6 is 0 Å². The quantitative estimate of drug-likeness (QED) is 0.0523. The van der Waals surface area contributed by atoms with E-state index >= 15 is 0 Å². The van der Waals surface area contributed by atoms with Crippen molar-refractivity contribution in [3.8, 4) is 46.0 Å². The van der Waals surface area contributed by atoms with Gasteiger partial charge in [-0.15, -0.1) is 0 Å². The number of likely N-dealkylation sites (N-methyl/N-ethyl adjacent to an activating group) is 6. The van der Waals surface area contributed by atoms with E-state index in [1.165, 1.54) is 28.4 Å². The van der Waals surface area contributed by atoms with E-state index < -0.39 is 32.3 Å². The summed E-state index contributed by atoms with van der Waals surface area (Å²) in [6, 6.07) is 14.8. The van der Waals surface area contributed by atoms with Gasteiger partial charge in [0.25, 0.3) is 0 Å². The zero-order valence-electron chi connectivity index (χ0n) is 53.7. The number of carbonyl (C=O) groups excluding carboxylic acids is 2. The molecule has 92 heavy (non-hydrogen) atoms. The molecule has 0 aliphatic carbocycles. The zero-order chi connectivity index (χ0) is 69.1. The Labute approximate surface area is 619 Å². The number of carboxylic acids is 2. The molecule has 4 rings (SSSR count). The van der Waals surface area contributed by atoms with E-state index in [2.05, 4.69) is 43.5 Å². The van der Waals surface area contributed by atoms with Crippen LogP contribution in [0.4, 0.5) is 0 Å². The Hall–Kier alpha value is -5.58. The third-order valence-electron chi connectivity index (χ3n) is 11.2. The molecule has 0 saturated carbocycles. The van der Waals surface area contributed by atoms with Gasteiger partial charge < -0.3 is 150 Å². The number of nitrogens with zero attached hydrogens (tertiary/aromatic N) is 10. The third kappa shape index (κ3) is 56.0. The first-order valence-corrected chi connectivity index (χ1v) is 25.8. The average molecular weight is 1690 g/mol.